The van der Waals surface area contributed by atoms with Gasteiger partial charge >= 0.3 is 0 Å². The highest BCUT2D eigenvalue weighted by molar-refractivity contribution is 9.10. The molecule has 2 fully saturated rings. The average molecular weight is 468 g/mol. The van der Waals surface area contributed by atoms with E-state index in [-0.39, 0.29) is 23.0 Å². The van der Waals surface area contributed by atoms with Gasteiger partial charge in [0.15, 0.2) is 0 Å². The monoisotopic (exact) mass is 467 g/mol. The lowest BCUT2D eigenvalue weighted by atomic mass is 9.99. The first kappa shape index (κ1) is 20.5. The summed E-state index contributed by atoms with van der Waals surface area (Å²) >= 11 is 3.83. The van der Waals surface area contributed by atoms with Crippen LogP contribution in [0, 0.1) is 16.0 Å². The van der Waals surface area contributed by atoms with Crippen molar-refractivity contribution < 1.29 is 19.3 Å². The number of halogens is 1. The predicted molar refractivity (Wildman–Crippen MR) is 108 cm³/mol. The van der Waals surface area contributed by atoms with Gasteiger partial charge in [-0.1, -0.05) is 13.0 Å². The number of imide groups is 1. The Morgan fingerprint density at radius 3 is 2.68 bits per heavy atom. The average Bonchev–Trinajstić information content (AvgIpc) is 2.91. The van der Waals surface area contributed by atoms with Crippen LogP contribution in [-0.2, 0) is 9.59 Å². The summed E-state index contributed by atoms with van der Waals surface area (Å²) in [5, 5.41) is 10.5. The number of piperidine rings is 1. The molecular weight excluding hydrogens is 450 g/mol. The van der Waals surface area contributed by atoms with Crippen LogP contribution in [0.15, 0.2) is 27.6 Å². The van der Waals surface area contributed by atoms with Gasteiger partial charge in [0.05, 0.1) is 14.3 Å². The van der Waals surface area contributed by atoms with Crippen LogP contribution in [0.25, 0.3) is 6.08 Å². The number of thioether (sulfide) groups is 1. The first-order valence-corrected chi connectivity index (χ1v) is 10.3. The Morgan fingerprint density at radius 2 is 2.04 bits per heavy atom. The zero-order chi connectivity index (χ0) is 20.4. The highest BCUT2D eigenvalue weighted by Crippen LogP contribution is 2.34. The fourth-order valence-corrected chi connectivity index (χ4v) is 4.27. The van der Waals surface area contributed by atoms with Crippen molar-refractivity contribution in [3.05, 3.63) is 43.3 Å². The second-order valence-corrected chi connectivity index (χ2v) is 8.65. The third-order valence-electron chi connectivity index (χ3n) is 4.77. The summed E-state index contributed by atoms with van der Waals surface area (Å²) in [5.74, 6) is -0.229. The number of nitro groups is 1. The molecule has 0 saturated carbocycles. The number of nitrogens with zero attached hydrogens (tertiary/aromatic N) is 3. The standard InChI is InChI=1S/C18H18BrN3O5S/c1-11-4-6-20(7-5-11)16(23)10-21-17(24)15(28-18(21)25)9-12-2-3-13(19)14(8-12)22(26)27/h2-3,8-9,11H,4-7,10H2,1H3/b15-9-. The number of hydrogen-bond donors (Lipinski definition) is 0. The summed E-state index contributed by atoms with van der Waals surface area (Å²) in [5.41, 5.74) is 0.291. The Kier molecular flexibility index (Phi) is 6.19. The van der Waals surface area contributed by atoms with E-state index in [0.29, 0.717) is 29.0 Å². The second kappa shape index (κ2) is 8.44. The molecule has 2 aliphatic rings. The lowest BCUT2D eigenvalue weighted by Crippen LogP contribution is -2.45. The Hall–Kier alpha value is -2.20. The van der Waals surface area contributed by atoms with Crippen molar-refractivity contribution in [2.24, 2.45) is 5.92 Å². The molecule has 2 saturated heterocycles. The molecule has 2 aliphatic heterocycles. The first-order valence-electron chi connectivity index (χ1n) is 8.73. The second-order valence-electron chi connectivity index (χ2n) is 6.80. The molecule has 0 aliphatic carbocycles. The van der Waals surface area contributed by atoms with Crippen LogP contribution in [-0.4, -0.2) is 51.4 Å². The number of benzene rings is 1. The SMILES string of the molecule is CC1CCN(C(=O)CN2C(=O)S/C(=C\c3ccc(Br)c([N+](=O)[O-])c3)C2=O)CC1. The molecule has 0 atom stereocenters. The Balaban J connectivity index is 1.73. The van der Waals surface area contributed by atoms with E-state index < -0.39 is 16.1 Å². The van der Waals surface area contributed by atoms with Crippen molar-refractivity contribution in [2.45, 2.75) is 19.8 Å². The number of rotatable bonds is 4. The van der Waals surface area contributed by atoms with E-state index in [9.17, 15) is 24.5 Å². The summed E-state index contributed by atoms with van der Waals surface area (Å²) < 4.78 is 0.323. The normalized spacial score (nSPS) is 19.6. The van der Waals surface area contributed by atoms with Gasteiger partial charge in [-0.15, -0.1) is 0 Å². The highest BCUT2D eigenvalue weighted by Gasteiger charge is 2.37. The van der Waals surface area contributed by atoms with Crippen LogP contribution < -0.4 is 0 Å². The molecule has 0 unspecified atom stereocenters. The summed E-state index contributed by atoms with van der Waals surface area (Å²) in [6.07, 6.45) is 3.25. The van der Waals surface area contributed by atoms with Gasteiger partial charge in [0, 0.05) is 19.2 Å². The minimum Gasteiger partial charge on any atom is -0.341 e. The number of carbonyl (C=O) groups is 3. The molecule has 148 valence electrons. The number of nitro benzene ring substituents is 1. The number of hydrogen-bond acceptors (Lipinski definition) is 6. The van der Waals surface area contributed by atoms with Crippen LogP contribution in [0.1, 0.15) is 25.3 Å². The van der Waals surface area contributed by atoms with Crippen LogP contribution in [0.3, 0.4) is 0 Å². The van der Waals surface area contributed by atoms with Gasteiger partial charge in [-0.05, 0) is 64.2 Å². The van der Waals surface area contributed by atoms with Crippen LogP contribution in [0.2, 0.25) is 0 Å². The fourth-order valence-electron chi connectivity index (χ4n) is 3.04. The van der Waals surface area contributed by atoms with Crippen LogP contribution in [0.5, 0.6) is 0 Å². The lowest BCUT2D eigenvalue weighted by Gasteiger charge is -2.31. The molecule has 8 nitrogen and oxygen atoms in total. The molecule has 0 radical (unpaired) electrons. The largest absolute Gasteiger partial charge is 0.341 e. The number of carbonyl (C=O) groups excluding carboxylic acids is 3. The van der Waals surface area contributed by atoms with E-state index in [1.807, 2.05) is 0 Å². The Morgan fingerprint density at radius 1 is 1.36 bits per heavy atom. The molecule has 10 heteroatoms. The Labute approximate surface area is 174 Å². The minimum atomic E-state index is -0.556. The summed E-state index contributed by atoms with van der Waals surface area (Å²) in [6, 6.07) is 4.43. The third-order valence-corrected chi connectivity index (χ3v) is 6.35. The maximum absolute atomic E-state index is 12.6. The summed E-state index contributed by atoms with van der Waals surface area (Å²) in [7, 11) is 0. The van der Waals surface area contributed by atoms with Gasteiger partial charge in [0.25, 0.3) is 16.8 Å². The molecule has 0 spiro atoms. The van der Waals surface area contributed by atoms with Crippen LogP contribution in [0.4, 0.5) is 10.5 Å². The molecule has 28 heavy (non-hydrogen) atoms. The first-order chi connectivity index (χ1) is 13.3. The van der Waals surface area contributed by atoms with E-state index in [0.717, 1.165) is 29.5 Å². The van der Waals surface area contributed by atoms with Gasteiger partial charge < -0.3 is 4.90 Å². The van der Waals surface area contributed by atoms with Crippen molar-refractivity contribution in [2.75, 3.05) is 19.6 Å². The predicted octanol–water partition coefficient (Wildman–Crippen LogP) is 3.65. The summed E-state index contributed by atoms with van der Waals surface area (Å²) in [6.45, 7) is 3.12. The van der Waals surface area contributed by atoms with Crippen molar-refractivity contribution in [1.29, 1.82) is 0 Å². The van der Waals surface area contributed by atoms with Gasteiger partial charge in [-0.25, -0.2) is 0 Å². The molecule has 1 aromatic rings. The van der Waals surface area contributed by atoms with Gasteiger partial charge in [0.1, 0.15) is 6.54 Å². The van der Waals surface area contributed by atoms with Crippen molar-refractivity contribution in [3.8, 4) is 0 Å². The quantitative estimate of drug-likeness (QED) is 0.380. The zero-order valence-corrected chi connectivity index (χ0v) is 17.5. The van der Waals surface area contributed by atoms with E-state index in [4.69, 9.17) is 0 Å². The van der Waals surface area contributed by atoms with E-state index in [2.05, 4.69) is 22.9 Å². The maximum atomic E-state index is 12.6. The molecule has 1 aromatic carbocycles. The molecular formula is C18H18BrN3O5S. The van der Waals surface area contributed by atoms with Crippen LogP contribution >= 0.6 is 27.7 Å². The van der Waals surface area contributed by atoms with E-state index >= 15 is 0 Å². The van der Waals surface area contributed by atoms with Gasteiger partial charge in [-0.2, -0.15) is 0 Å². The molecule has 0 bridgehead atoms. The molecule has 3 rings (SSSR count). The number of amides is 3. The minimum absolute atomic E-state index is 0.137. The molecule has 0 aromatic heterocycles. The molecule has 2 heterocycles. The Bertz CT molecular complexity index is 880. The smallest absolute Gasteiger partial charge is 0.294 e. The van der Waals surface area contributed by atoms with Crippen molar-refractivity contribution in [3.63, 3.8) is 0 Å². The lowest BCUT2D eigenvalue weighted by molar-refractivity contribution is -0.385. The van der Waals surface area contributed by atoms with E-state index in [1.54, 1.807) is 11.0 Å². The van der Waals surface area contributed by atoms with Gasteiger partial charge in [0.2, 0.25) is 5.91 Å². The maximum Gasteiger partial charge on any atom is 0.294 e. The van der Waals surface area contributed by atoms with Crippen molar-refractivity contribution in [1.82, 2.24) is 9.80 Å². The molecule has 0 N–H and O–H groups in total. The van der Waals surface area contributed by atoms with Crippen molar-refractivity contribution >= 4 is 56.5 Å². The van der Waals surface area contributed by atoms with E-state index in [1.165, 1.54) is 18.2 Å². The molecule has 3 amide bonds. The summed E-state index contributed by atoms with van der Waals surface area (Å²) in [4.78, 5) is 50.5. The highest BCUT2D eigenvalue weighted by atomic mass is 79.9. The topological polar surface area (TPSA) is 101 Å². The zero-order valence-electron chi connectivity index (χ0n) is 15.1. The number of likely N-dealkylation sites (tertiary alicyclic amines) is 1. The fraction of sp³-hybridized carbons (Fsp3) is 0.389. The third kappa shape index (κ3) is 4.44. The van der Waals surface area contributed by atoms with Gasteiger partial charge in [-0.3, -0.25) is 29.4 Å².